The van der Waals surface area contributed by atoms with E-state index in [1.54, 1.807) is 43.5 Å². The molecule has 10 heteroatoms. The molecule has 0 aliphatic heterocycles. The lowest BCUT2D eigenvalue weighted by Gasteiger charge is -2.13. The molecule has 236 valence electrons. The highest BCUT2D eigenvalue weighted by atomic mass is 16.6. The van der Waals surface area contributed by atoms with Crippen molar-refractivity contribution in [1.82, 2.24) is 10.4 Å². The van der Waals surface area contributed by atoms with Gasteiger partial charge in [-0.25, -0.2) is 10.2 Å². The van der Waals surface area contributed by atoms with Gasteiger partial charge in [-0.1, -0.05) is 30.3 Å². The van der Waals surface area contributed by atoms with Crippen LogP contribution in [0.5, 0.6) is 28.7 Å². The number of hydrogen-bond acceptors (Lipinski definition) is 8. The van der Waals surface area contributed by atoms with E-state index < -0.39 is 11.9 Å². The first-order valence-corrected chi connectivity index (χ1v) is 14.9. The lowest BCUT2D eigenvalue weighted by molar-refractivity contribution is 0.0727. The van der Waals surface area contributed by atoms with Crippen LogP contribution in [0.2, 0.25) is 0 Å². The van der Waals surface area contributed by atoms with E-state index in [1.807, 2.05) is 69.3 Å². The zero-order valence-corrected chi connectivity index (χ0v) is 26.1. The van der Waals surface area contributed by atoms with Crippen LogP contribution in [0.4, 0.5) is 0 Å². The number of nitrogens with zero attached hydrogens (tertiary/aromatic N) is 1. The predicted molar refractivity (Wildman–Crippen MR) is 177 cm³/mol. The average molecular weight is 622 g/mol. The van der Waals surface area contributed by atoms with E-state index in [4.69, 9.17) is 23.7 Å². The van der Waals surface area contributed by atoms with E-state index in [-0.39, 0.29) is 5.75 Å². The minimum Gasteiger partial charge on any atom is -0.497 e. The Morgan fingerprint density at radius 1 is 0.783 bits per heavy atom. The number of rotatable bonds is 13. The molecule has 0 atom stereocenters. The first kappa shape index (κ1) is 31.6. The Balaban J connectivity index is 1.34. The highest BCUT2D eigenvalue weighted by Gasteiger charge is 2.20. The van der Waals surface area contributed by atoms with Crippen LogP contribution in [0.1, 0.15) is 47.2 Å². The summed E-state index contributed by atoms with van der Waals surface area (Å²) in [7, 11) is 1.60. The van der Waals surface area contributed by atoms with E-state index in [2.05, 4.69) is 15.5 Å². The van der Waals surface area contributed by atoms with Gasteiger partial charge < -0.3 is 28.7 Å². The van der Waals surface area contributed by atoms with Gasteiger partial charge in [-0.3, -0.25) is 4.79 Å². The monoisotopic (exact) mass is 621 g/mol. The Morgan fingerprint density at radius 3 is 2.20 bits per heavy atom. The highest BCUT2D eigenvalue weighted by Crippen LogP contribution is 2.35. The fourth-order valence-electron chi connectivity index (χ4n) is 4.89. The average Bonchev–Trinajstić information content (AvgIpc) is 3.46. The zero-order valence-electron chi connectivity index (χ0n) is 26.1. The molecule has 46 heavy (non-hydrogen) atoms. The van der Waals surface area contributed by atoms with Crippen LogP contribution < -0.4 is 29.1 Å². The fourth-order valence-corrected chi connectivity index (χ4v) is 4.89. The molecular weight excluding hydrogens is 586 g/mol. The predicted octanol–water partition coefficient (Wildman–Crippen LogP) is 7.02. The van der Waals surface area contributed by atoms with Gasteiger partial charge in [-0.15, -0.1) is 0 Å². The minimum absolute atomic E-state index is 0.237. The van der Waals surface area contributed by atoms with E-state index >= 15 is 0 Å². The van der Waals surface area contributed by atoms with E-state index in [1.165, 1.54) is 6.21 Å². The summed E-state index contributed by atoms with van der Waals surface area (Å²) < 4.78 is 28.1. The molecule has 1 heterocycles. The third-order valence-electron chi connectivity index (χ3n) is 6.92. The second-order valence-corrected chi connectivity index (χ2v) is 9.91. The molecule has 1 amide bonds. The molecule has 0 saturated carbocycles. The molecule has 0 aliphatic carbocycles. The quantitative estimate of drug-likeness (QED) is 0.0627. The van der Waals surface area contributed by atoms with Crippen LogP contribution in [0.25, 0.3) is 22.0 Å². The normalized spacial score (nSPS) is 11.0. The summed E-state index contributed by atoms with van der Waals surface area (Å²) in [5.74, 6) is 1.28. The van der Waals surface area contributed by atoms with Gasteiger partial charge in [-0.2, -0.15) is 5.10 Å². The van der Waals surface area contributed by atoms with E-state index in [0.29, 0.717) is 59.6 Å². The van der Waals surface area contributed by atoms with Gasteiger partial charge >= 0.3 is 5.97 Å². The first-order valence-electron chi connectivity index (χ1n) is 14.9. The van der Waals surface area contributed by atoms with Crippen molar-refractivity contribution >= 4 is 29.0 Å². The molecule has 4 aromatic carbocycles. The second kappa shape index (κ2) is 14.8. The van der Waals surface area contributed by atoms with Gasteiger partial charge in [0, 0.05) is 16.5 Å². The maximum Gasteiger partial charge on any atom is 0.343 e. The third-order valence-corrected chi connectivity index (χ3v) is 6.92. The third kappa shape index (κ3) is 7.13. The summed E-state index contributed by atoms with van der Waals surface area (Å²) in [5.41, 5.74) is 6.31. The molecule has 0 fully saturated rings. The summed E-state index contributed by atoms with van der Waals surface area (Å²) in [6.07, 6.45) is 1.49. The number of carbonyl (C=O) groups excluding carboxylic acids is 2. The maximum atomic E-state index is 13.4. The van der Waals surface area contributed by atoms with Gasteiger partial charge in [0.2, 0.25) is 0 Å². The number of hydrogen-bond donors (Lipinski definition) is 2. The largest absolute Gasteiger partial charge is 0.497 e. The molecule has 0 unspecified atom stereocenters. The van der Waals surface area contributed by atoms with Crippen LogP contribution in [-0.2, 0) is 0 Å². The van der Waals surface area contributed by atoms with Crippen molar-refractivity contribution in [2.24, 2.45) is 5.10 Å². The number of aromatic nitrogens is 1. The Hall–Kier alpha value is -5.77. The molecule has 5 aromatic rings. The number of ether oxygens (including phenoxy) is 5. The van der Waals surface area contributed by atoms with Crippen molar-refractivity contribution < 1.29 is 33.3 Å². The lowest BCUT2D eigenvalue weighted by Crippen LogP contribution is -2.18. The van der Waals surface area contributed by atoms with Gasteiger partial charge in [0.25, 0.3) is 5.91 Å². The molecule has 5 rings (SSSR count). The molecule has 2 N–H and O–H groups in total. The van der Waals surface area contributed by atoms with Crippen LogP contribution in [-0.4, -0.2) is 50.0 Å². The number of aromatic amines is 1. The van der Waals surface area contributed by atoms with Crippen LogP contribution in [0.15, 0.2) is 90.0 Å². The summed E-state index contributed by atoms with van der Waals surface area (Å²) >= 11 is 0. The zero-order chi connectivity index (χ0) is 32.5. The molecule has 10 nitrogen and oxygen atoms in total. The molecule has 0 radical (unpaired) electrons. The molecule has 0 saturated heterocycles. The number of H-pyrrole nitrogens is 1. The number of benzene rings is 4. The smallest absolute Gasteiger partial charge is 0.343 e. The topological polar surface area (TPSA) is 120 Å². The first-order chi connectivity index (χ1) is 22.4. The van der Waals surface area contributed by atoms with E-state index in [0.717, 1.165) is 22.0 Å². The number of esters is 1. The van der Waals surface area contributed by atoms with Crippen molar-refractivity contribution in [1.29, 1.82) is 0 Å². The Labute approximate surface area is 266 Å². The second-order valence-electron chi connectivity index (χ2n) is 9.91. The summed E-state index contributed by atoms with van der Waals surface area (Å²) in [4.78, 5) is 29.6. The van der Waals surface area contributed by atoms with Crippen LogP contribution >= 0.6 is 0 Å². The number of nitrogens with one attached hydrogen (secondary N) is 2. The van der Waals surface area contributed by atoms with Gasteiger partial charge in [0.1, 0.15) is 11.4 Å². The lowest BCUT2D eigenvalue weighted by atomic mass is 10.0. The van der Waals surface area contributed by atoms with Gasteiger partial charge in [0.15, 0.2) is 23.0 Å². The molecule has 0 bridgehead atoms. The van der Waals surface area contributed by atoms with Gasteiger partial charge in [-0.05, 0) is 86.5 Å². The maximum absolute atomic E-state index is 13.4. The van der Waals surface area contributed by atoms with Crippen molar-refractivity contribution in [3.8, 4) is 39.9 Å². The Bertz CT molecular complexity index is 1870. The van der Waals surface area contributed by atoms with Crippen molar-refractivity contribution in [2.45, 2.75) is 20.8 Å². The molecular formula is C36H35N3O7. The molecule has 0 aliphatic rings. The molecule has 1 aromatic heterocycles. The summed E-state index contributed by atoms with van der Waals surface area (Å²) in [5, 5.41) is 5.04. The minimum atomic E-state index is -0.580. The summed E-state index contributed by atoms with van der Waals surface area (Å²) in [6, 6.07) is 25.1. The van der Waals surface area contributed by atoms with Crippen LogP contribution in [0, 0.1) is 0 Å². The standard InChI is InChI=1S/C36H35N3O7/c1-5-43-29-18-14-25(20-32(29)45-7-3)36(41)46-30-17-13-23(19-31(30)44-6-2)22-37-39-35(40)34-33(24-11-9-8-10-12-24)27-21-26(42-4)15-16-28(27)38-34/h8-22,38H,5-7H2,1-4H3,(H,39,40). The van der Waals surface area contributed by atoms with Crippen LogP contribution in [0.3, 0.4) is 0 Å². The molecule has 0 spiro atoms. The fraction of sp³-hybridized carbons (Fsp3) is 0.194. The van der Waals surface area contributed by atoms with Crippen molar-refractivity contribution in [3.63, 3.8) is 0 Å². The van der Waals surface area contributed by atoms with Crippen molar-refractivity contribution in [3.05, 3.63) is 102 Å². The number of methoxy groups -OCH3 is 1. The Morgan fingerprint density at radius 2 is 1.48 bits per heavy atom. The number of hydrazone groups is 1. The Kier molecular flexibility index (Phi) is 10.2. The number of carbonyl (C=O) groups is 2. The van der Waals surface area contributed by atoms with Gasteiger partial charge in [0.05, 0.1) is 38.7 Å². The number of fused-ring (bicyclic) bond motifs is 1. The number of amides is 1. The van der Waals surface area contributed by atoms with E-state index in [9.17, 15) is 9.59 Å². The SMILES string of the molecule is CCOc1ccc(C(=O)Oc2ccc(C=NNC(=O)c3[nH]c4ccc(OC)cc4c3-c3ccccc3)cc2OCC)cc1OCC. The highest BCUT2D eigenvalue weighted by molar-refractivity contribution is 6.10. The van der Waals surface area contributed by atoms with Crippen molar-refractivity contribution in [2.75, 3.05) is 26.9 Å². The summed E-state index contributed by atoms with van der Waals surface area (Å²) in [6.45, 7) is 6.78.